The molecule has 0 aliphatic carbocycles. The number of halogens is 3. The van der Waals surface area contributed by atoms with Gasteiger partial charge in [-0.05, 0) is 50.4 Å². The molecule has 0 bridgehead atoms. The fraction of sp³-hybridized carbons (Fsp3) is 0.650. The lowest BCUT2D eigenvalue weighted by Crippen LogP contribution is -2.41. The molecule has 0 radical (unpaired) electrons. The minimum absolute atomic E-state index is 0. The van der Waals surface area contributed by atoms with Crippen LogP contribution in [0.4, 0.5) is 8.78 Å². The van der Waals surface area contributed by atoms with Crippen LogP contribution in [0.3, 0.4) is 0 Å². The molecule has 1 fully saturated rings. The van der Waals surface area contributed by atoms with Crippen LogP contribution >= 0.6 is 24.0 Å². The van der Waals surface area contributed by atoms with E-state index in [-0.39, 0.29) is 35.5 Å². The lowest BCUT2D eigenvalue weighted by atomic mass is 10.0. The number of likely N-dealkylation sites (tertiary alicyclic amines) is 1. The number of methoxy groups -OCH3 is 1. The Bertz CT molecular complexity index is 634. The summed E-state index contributed by atoms with van der Waals surface area (Å²) in [5.74, 6) is 0.979. The van der Waals surface area contributed by atoms with Crippen molar-refractivity contribution in [2.45, 2.75) is 51.8 Å². The SMILES string of the molecule is CN=C(NCCCN1CCCCC1C)NCc1ccc(OC)c(OC(F)F)c1.I. The van der Waals surface area contributed by atoms with E-state index in [0.717, 1.165) is 25.1 Å². The van der Waals surface area contributed by atoms with E-state index in [4.69, 9.17) is 4.74 Å². The first kappa shape index (κ1) is 25.7. The van der Waals surface area contributed by atoms with Crippen LogP contribution in [0.5, 0.6) is 11.5 Å². The minimum atomic E-state index is -2.89. The zero-order chi connectivity index (χ0) is 20.4. The van der Waals surface area contributed by atoms with E-state index in [1.54, 1.807) is 25.2 Å². The molecule has 6 nitrogen and oxygen atoms in total. The predicted molar refractivity (Wildman–Crippen MR) is 123 cm³/mol. The molecule has 1 unspecified atom stereocenters. The van der Waals surface area contributed by atoms with E-state index in [0.29, 0.717) is 18.5 Å². The number of nitrogens with zero attached hydrogens (tertiary/aromatic N) is 2. The van der Waals surface area contributed by atoms with Crippen molar-refractivity contribution in [3.05, 3.63) is 23.8 Å². The number of nitrogens with one attached hydrogen (secondary N) is 2. The van der Waals surface area contributed by atoms with Crippen molar-refractivity contribution in [2.24, 2.45) is 4.99 Å². The Morgan fingerprint density at radius 3 is 2.72 bits per heavy atom. The van der Waals surface area contributed by atoms with Crippen molar-refractivity contribution in [3.8, 4) is 11.5 Å². The largest absolute Gasteiger partial charge is 0.493 e. The molecule has 1 aromatic carbocycles. The van der Waals surface area contributed by atoms with Gasteiger partial charge in [0.15, 0.2) is 17.5 Å². The third-order valence-corrected chi connectivity index (χ3v) is 4.98. The van der Waals surface area contributed by atoms with Crippen LogP contribution in [0, 0.1) is 0 Å². The van der Waals surface area contributed by atoms with Crippen molar-refractivity contribution in [1.29, 1.82) is 0 Å². The first-order valence-corrected chi connectivity index (χ1v) is 9.83. The number of hydrogen-bond acceptors (Lipinski definition) is 4. The topological polar surface area (TPSA) is 58.1 Å². The number of benzene rings is 1. The summed E-state index contributed by atoms with van der Waals surface area (Å²) in [6, 6.07) is 5.63. The highest BCUT2D eigenvalue weighted by molar-refractivity contribution is 14.0. The highest BCUT2D eigenvalue weighted by atomic mass is 127. The monoisotopic (exact) mass is 526 g/mol. The van der Waals surface area contributed by atoms with Gasteiger partial charge < -0.3 is 25.0 Å². The fourth-order valence-electron chi connectivity index (χ4n) is 3.40. The van der Waals surface area contributed by atoms with E-state index in [2.05, 4.69) is 32.2 Å². The zero-order valence-electron chi connectivity index (χ0n) is 17.4. The van der Waals surface area contributed by atoms with E-state index in [1.807, 2.05) is 0 Å². The number of alkyl halides is 2. The fourth-order valence-corrected chi connectivity index (χ4v) is 3.40. The number of hydrogen-bond donors (Lipinski definition) is 2. The number of aliphatic imine (C=N–C) groups is 1. The number of piperidine rings is 1. The van der Waals surface area contributed by atoms with Crippen molar-refractivity contribution in [1.82, 2.24) is 15.5 Å². The molecule has 0 saturated carbocycles. The Balaban J connectivity index is 0.00000420. The average Bonchev–Trinajstić information content (AvgIpc) is 2.68. The molecule has 9 heteroatoms. The summed E-state index contributed by atoms with van der Waals surface area (Å²) >= 11 is 0. The van der Waals surface area contributed by atoms with Gasteiger partial charge in [0.05, 0.1) is 7.11 Å². The lowest BCUT2D eigenvalue weighted by molar-refractivity contribution is -0.0512. The second-order valence-electron chi connectivity index (χ2n) is 6.95. The van der Waals surface area contributed by atoms with Crippen LogP contribution in [0.1, 0.15) is 38.2 Å². The Kier molecular flexibility index (Phi) is 12.2. The van der Waals surface area contributed by atoms with Gasteiger partial charge in [0.2, 0.25) is 0 Å². The van der Waals surface area contributed by atoms with Crippen LogP contribution in [0.2, 0.25) is 0 Å². The standard InChI is InChI=1S/C20H32F2N4O2.HI/c1-15-7-4-5-11-26(15)12-6-10-24-20(23-2)25-14-16-8-9-17(27-3)18(13-16)28-19(21)22;/h8-9,13,15,19H,4-7,10-12,14H2,1-3H3,(H2,23,24,25);1H. The van der Waals surface area contributed by atoms with Crippen LogP contribution in [-0.4, -0.2) is 57.3 Å². The second-order valence-corrected chi connectivity index (χ2v) is 6.95. The van der Waals surface area contributed by atoms with Gasteiger partial charge in [0, 0.05) is 32.7 Å². The van der Waals surface area contributed by atoms with Crippen molar-refractivity contribution in [3.63, 3.8) is 0 Å². The maximum absolute atomic E-state index is 12.5. The van der Waals surface area contributed by atoms with Crippen LogP contribution in [-0.2, 0) is 6.54 Å². The Morgan fingerprint density at radius 1 is 1.28 bits per heavy atom. The Labute approximate surface area is 189 Å². The van der Waals surface area contributed by atoms with Gasteiger partial charge in [0.1, 0.15) is 0 Å². The number of ether oxygens (including phenoxy) is 2. The van der Waals surface area contributed by atoms with Crippen molar-refractivity contribution in [2.75, 3.05) is 33.8 Å². The van der Waals surface area contributed by atoms with E-state index < -0.39 is 6.61 Å². The first-order chi connectivity index (χ1) is 13.5. The first-order valence-electron chi connectivity index (χ1n) is 9.83. The van der Waals surface area contributed by atoms with Gasteiger partial charge >= 0.3 is 6.61 Å². The summed E-state index contributed by atoms with van der Waals surface area (Å²) in [6.45, 7) is 2.94. The number of rotatable bonds is 9. The molecule has 0 spiro atoms. The van der Waals surface area contributed by atoms with Gasteiger partial charge in [-0.25, -0.2) is 0 Å². The maximum atomic E-state index is 12.5. The molecule has 1 saturated heterocycles. The second kappa shape index (κ2) is 13.8. The van der Waals surface area contributed by atoms with Gasteiger partial charge in [-0.3, -0.25) is 4.99 Å². The highest BCUT2D eigenvalue weighted by Crippen LogP contribution is 2.29. The van der Waals surface area contributed by atoms with E-state index in [1.165, 1.54) is 32.9 Å². The predicted octanol–water partition coefficient (Wildman–Crippen LogP) is 3.84. The summed E-state index contributed by atoms with van der Waals surface area (Å²) in [5.41, 5.74) is 0.793. The molecular weight excluding hydrogens is 493 g/mol. The van der Waals surface area contributed by atoms with Crippen molar-refractivity contribution < 1.29 is 18.3 Å². The summed E-state index contributed by atoms with van der Waals surface area (Å²) in [5, 5.41) is 6.49. The molecule has 1 aliphatic heterocycles. The van der Waals surface area contributed by atoms with E-state index >= 15 is 0 Å². The molecule has 0 amide bonds. The Morgan fingerprint density at radius 2 is 2.07 bits per heavy atom. The molecule has 1 aromatic rings. The molecule has 0 aromatic heterocycles. The molecule has 1 heterocycles. The van der Waals surface area contributed by atoms with Crippen LogP contribution < -0.4 is 20.1 Å². The molecule has 2 rings (SSSR count). The van der Waals surface area contributed by atoms with Gasteiger partial charge in [0.25, 0.3) is 0 Å². The van der Waals surface area contributed by atoms with Gasteiger partial charge in [-0.2, -0.15) is 8.78 Å². The normalized spacial score (nSPS) is 17.6. The maximum Gasteiger partial charge on any atom is 0.387 e. The summed E-state index contributed by atoms with van der Waals surface area (Å²) < 4.78 is 34.7. The third kappa shape index (κ3) is 8.90. The van der Waals surface area contributed by atoms with E-state index in [9.17, 15) is 8.78 Å². The highest BCUT2D eigenvalue weighted by Gasteiger charge is 2.17. The summed E-state index contributed by atoms with van der Waals surface area (Å²) in [6.07, 6.45) is 4.96. The van der Waals surface area contributed by atoms with Gasteiger partial charge in [-0.15, -0.1) is 24.0 Å². The molecular formula is C20H33F2IN4O2. The summed E-state index contributed by atoms with van der Waals surface area (Å²) in [7, 11) is 3.13. The molecule has 2 N–H and O–H groups in total. The quantitative estimate of drug-likeness (QED) is 0.222. The smallest absolute Gasteiger partial charge is 0.387 e. The molecule has 1 aliphatic rings. The number of guanidine groups is 1. The zero-order valence-corrected chi connectivity index (χ0v) is 19.7. The third-order valence-electron chi connectivity index (χ3n) is 4.98. The molecule has 166 valence electrons. The average molecular weight is 526 g/mol. The molecule has 29 heavy (non-hydrogen) atoms. The molecule has 1 atom stereocenters. The summed E-state index contributed by atoms with van der Waals surface area (Å²) in [4.78, 5) is 6.76. The van der Waals surface area contributed by atoms with Gasteiger partial charge in [-0.1, -0.05) is 12.5 Å². The van der Waals surface area contributed by atoms with Crippen LogP contribution in [0.15, 0.2) is 23.2 Å². The minimum Gasteiger partial charge on any atom is -0.493 e. The van der Waals surface area contributed by atoms with Crippen LogP contribution in [0.25, 0.3) is 0 Å². The lowest BCUT2D eigenvalue weighted by Gasteiger charge is -2.33. The Hall–Kier alpha value is -1.36. The van der Waals surface area contributed by atoms with Crippen molar-refractivity contribution >= 4 is 29.9 Å².